The van der Waals surface area contributed by atoms with Crippen LogP contribution in [-0.2, 0) is 4.74 Å². The van der Waals surface area contributed by atoms with Crippen LogP contribution in [0.2, 0.25) is 0 Å². The number of hydrogen-bond donors (Lipinski definition) is 0. The third-order valence-corrected chi connectivity index (χ3v) is 4.31. The molecule has 1 aromatic carbocycles. The molecular formula is C20H29FN2O4. The molecule has 0 atom stereocenters. The molecule has 2 aromatic rings. The van der Waals surface area contributed by atoms with Gasteiger partial charge in [-0.1, -0.05) is 19.0 Å². The highest BCUT2D eigenvalue weighted by atomic mass is 19.1. The maximum absolute atomic E-state index is 13.8. The maximum atomic E-state index is 13.8. The quantitative estimate of drug-likeness (QED) is 0.724. The van der Waals surface area contributed by atoms with E-state index in [9.17, 15) is 9.18 Å². The van der Waals surface area contributed by atoms with Crippen molar-refractivity contribution in [1.82, 2.24) is 10.1 Å². The first kappa shape index (κ1) is 21.0. The lowest BCUT2D eigenvalue weighted by Crippen LogP contribution is -2.41. The molecule has 0 saturated carbocycles. The number of amides is 1. The van der Waals surface area contributed by atoms with Crippen molar-refractivity contribution in [3.8, 4) is 5.75 Å². The number of halogens is 1. The number of hydrogen-bond acceptors (Lipinski definition) is 5. The van der Waals surface area contributed by atoms with Crippen LogP contribution >= 0.6 is 0 Å². The number of rotatable bonds is 2. The Hall–Kier alpha value is -2.31. The van der Waals surface area contributed by atoms with Gasteiger partial charge < -0.3 is 18.9 Å². The molecule has 1 aliphatic rings. The van der Waals surface area contributed by atoms with Gasteiger partial charge in [-0.2, -0.15) is 0 Å². The van der Waals surface area contributed by atoms with Crippen molar-refractivity contribution in [2.24, 2.45) is 0 Å². The summed E-state index contributed by atoms with van der Waals surface area (Å²) in [5.41, 5.74) is 0.612. The van der Waals surface area contributed by atoms with Gasteiger partial charge in [0.15, 0.2) is 5.82 Å². The molecule has 3 rings (SSSR count). The molecule has 1 fully saturated rings. The number of carbonyl (C=O) groups excluding carboxylic acids is 1. The molecule has 0 unspecified atom stereocenters. The SMILES string of the molecule is CC.COc1c(F)ccc2c(C3CCN(C(=O)OC(C)(C)C)CC3)noc12. The zero-order valence-corrected chi connectivity index (χ0v) is 17.0. The van der Waals surface area contributed by atoms with E-state index in [0.29, 0.717) is 18.7 Å². The molecule has 150 valence electrons. The van der Waals surface area contributed by atoms with Crippen LogP contribution in [0.5, 0.6) is 5.75 Å². The molecule has 1 aliphatic heterocycles. The van der Waals surface area contributed by atoms with Gasteiger partial charge in [0, 0.05) is 24.4 Å². The van der Waals surface area contributed by atoms with Gasteiger partial charge in [-0.3, -0.25) is 0 Å². The first-order valence-corrected chi connectivity index (χ1v) is 9.40. The highest BCUT2D eigenvalue weighted by molar-refractivity contribution is 5.85. The summed E-state index contributed by atoms with van der Waals surface area (Å²) in [6, 6.07) is 3.02. The second-order valence-corrected chi connectivity index (χ2v) is 7.27. The fourth-order valence-electron chi connectivity index (χ4n) is 3.12. The summed E-state index contributed by atoms with van der Waals surface area (Å²) in [4.78, 5) is 13.9. The van der Waals surface area contributed by atoms with Gasteiger partial charge in [0.25, 0.3) is 0 Å². The zero-order chi connectivity index (χ0) is 20.2. The first-order chi connectivity index (χ1) is 12.8. The van der Waals surface area contributed by atoms with Crippen molar-refractivity contribution < 1.29 is 23.2 Å². The summed E-state index contributed by atoms with van der Waals surface area (Å²) >= 11 is 0. The Labute approximate surface area is 159 Å². The summed E-state index contributed by atoms with van der Waals surface area (Å²) in [7, 11) is 1.40. The number of ether oxygens (including phenoxy) is 2. The van der Waals surface area contributed by atoms with E-state index in [-0.39, 0.29) is 17.8 Å². The second-order valence-electron chi connectivity index (χ2n) is 7.27. The van der Waals surface area contributed by atoms with E-state index in [4.69, 9.17) is 14.0 Å². The van der Waals surface area contributed by atoms with Crippen molar-refractivity contribution in [2.45, 2.75) is 59.0 Å². The third kappa shape index (κ3) is 4.70. The minimum Gasteiger partial charge on any atom is -0.490 e. The zero-order valence-electron chi connectivity index (χ0n) is 17.0. The van der Waals surface area contributed by atoms with E-state index in [2.05, 4.69) is 5.16 Å². The molecule has 2 heterocycles. The van der Waals surface area contributed by atoms with Crippen LogP contribution in [0.1, 0.15) is 59.1 Å². The maximum Gasteiger partial charge on any atom is 0.410 e. The fourth-order valence-corrected chi connectivity index (χ4v) is 3.12. The Bertz CT molecular complexity index is 774. The number of methoxy groups -OCH3 is 1. The molecule has 6 nitrogen and oxygen atoms in total. The van der Waals surface area contributed by atoms with Gasteiger partial charge in [0.1, 0.15) is 5.60 Å². The lowest BCUT2D eigenvalue weighted by molar-refractivity contribution is 0.0204. The average molecular weight is 380 g/mol. The molecule has 0 spiro atoms. The van der Waals surface area contributed by atoms with Crippen LogP contribution in [0, 0.1) is 5.82 Å². The largest absolute Gasteiger partial charge is 0.490 e. The lowest BCUT2D eigenvalue weighted by Gasteiger charge is -2.32. The van der Waals surface area contributed by atoms with E-state index < -0.39 is 11.4 Å². The van der Waals surface area contributed by atoms with Gasteiger partial charge in [-0.15, -0.1) is 0 Å². The van der Waals surface area contributed by atoms with E-state index in [0.717, 1.165) is 23.9 Å². The molecule has 7 heteroatoms. The first-order valence-electron chi connectivity index (χ1n) is 9.40. The number of aromatic nitrogens is 1. The summed E-state index contributed by atoms with van der Waals surface area (Å²) in [6.07, 6.45) is 1.21. The normalized spacial score (nSPS) is 15.3. The Kier molecular flexibility index (Phi) is 6.68. The Balaban J connectivity index is 0.00000126. The van der Waals surface area contributed by atoms with Gasteiger partial charge in [-0.25, -0.2) is 9.18 Å². The fraction of sp³-hybridized carbons (Fsp3) is 0.600. The van der Waals surface area contributed by atoms with Gasteiger partial charge >= 0.3 is 6.09 Å². The average Bonchev–Trinajstić information content (AvgIpc) is 3.06. The molecule has 1 saturated heterocycles. The van der Waals surface area contributed by atoms with Crippen molar-refractivity contribution in [3.05, 3.63) is 23.6 Å². The van der Waals surface area contributed by atoms with Crippen molar-refractivity contribution in [1.29, 1.82) is 0 Å². The molecule has 1 aromatic heterocycles. The number of carbonyl (C=O) groups is 1. The highest BCUT2D eigenvalue weighted by Crippen LogP contribution is 2.37. The van der Waals surface area contributed by atoms with Crippen LogP contribution in [-0.4, -0.2) is 42.0 Å². The summed E-state index contributed by atoms with van der Waals surface area (Å²) in [5.74, 6) is -0.255. The van der Waals surface area contributed by atoms with Crippen molar-refractivity contribution >= 4 is 17.1 Å². The van der Waals surface area contributed by atoms with Crippen LogP contribution in [0.4, 0.5) is 9.18 Å². The minimum atomic E-state index is -0.503. The molecule has 0 radical (unpaired) electrons. The number of likely N-dealkylation sites (tertiary alicyclic amines) is 1. The smallest absolute Gasteiger partial charge is 0.410 e. The predicted octanol–water partition coefficient (Wildman–Crippen LogP) is 5.12. The second kappa shape index (κ2) is 8.59. The molecular weight excluding hydrogens is 351 g/mol. The van der Waals surface area contributed by atoms with Crippen LogP contribution in [0.15, 0.2) is 16.7 Å². The van der Waals surface area contributed by atoms with E-state index in [1.807, 2.05) is 34.6 Å². The third-order valence-electron chi connectivity index (χ3n) is 4.31. The van der Waals surface area contributed by atoms with Gasteiger partial charge in [0.05, 0.1) is 12.8 Å². The lowest BCUT2D eigenvalue weighted by atomic mass is 9.92. The van der Waals surface area contributed by atoms with E-state index in [1.54, 1.807) is 11.0 Å². The highest BCUT2D eigenvalue weighted by Gasteiger charge is 2.30. The summed E-state index contributed by atoms with van der Waals surface area (Å²) < 4.78 is 29.6. The molecule has 0 aliphatic carbocycles. The van der Waals surface area contributed by atoms with Crippen LogP contribution in [0.25, 0.3) is 11.0 Å². The van der Waals surface area contributed by atoms with Crippen molar-refractivity contribution in [3.63, 3.8) is 0 Å². The standard InChI is InChI=1S/C18H23FN2O4.C2H6/c1-18(2,3)24-17(22)21-9-7-11(8-10-21)14-12-5-6-13(19)16(23-4)15(12)25-20-14;1-2/h5-6,11H,7-10H2,1-4H3;1-2H3. The Morgan fingerprint density at radius 2 is 1.89 bits per heavy atom. The summed E-state index contributed by atoms with van der Waals surface area (Å²) in [6.45, 7) is 10.7. The topological polar surface area (TPSA) is 64.8 Å². The molecule has 27 heavy (non-hydrogen) atoms. The Morgan fingerprint density at radius 1 is 1.26 bits per heavy atom. The van der Waals surface area contributed by atoms with Crippen molar-refractivity contribution in [2.75, 3.05) is 20.2 Å². The minimum absolute atomic E-state index is 0.0717. The van der Waals surface area contributed by atoms with Gasteiger partial charge in [-0.05, 0) is 45.7 Å². The van der Waals surface area contributed by atoms with Crippen LogP contribution in [0.3, 0.4) is 0 Å². The van der Waals surface area contributed by atoms with Crippen LogP contribution < -0.4 is 4.74 Å². The number of fused-ring (bicyclic) bond motifs is 1. The summed E-state index contributed by atoms with van der Waals surface area (Å²) in [5, 5.41) is 4.90. The van der Waals surface area contributed by atoms with E-state index >= 15 is 0 Å². The number of benzene rings is 1. The number of nitrogens with zero attached hydrogens (tertiary/aromatic N) is 2. The number of piperidine rings is 1. The molecule has 1 amide bonds. The Morgan fingerprint density at radius 3 is 2.44 bits per heavy atom. The predicted molar refractivity (Wildman–Crippen MR) is 102 cm³/mol. The van der Waals surface area contributed by atoms with Gasteiger partial charge in [0.2, 0.25) is 11.3 Å². The monoisotopic (exact) mass is 380 g/mol. The molecule has 0 N–H and O–H groups in total. The van der Waals surface area contributed by atoms with E-state index in [1.165, 1.54) is 13.2 Å². The molecule has 0 bridgehead atoms.